The summed E-state index contributed by atoms with van der Waals surface area (Å²) in [5.41, 5.74) is 3.25. The topological polar surface area (TPSA) is 39.2 Å². The van der Waals surface area contributed by atoms with Crippen molar-refractivity contribution in [2.24, 2.45) is 29.6 Å². The Kier molecular flexibility index (Phi) is 4.86. The van der Waals surface area contributed by atoms with Crippen LogP contribution in [0.25, 0.3) is 17.2 Å². The monoisotopic (exact) mass is 361 g/mol. The summed E-state index contributed by atoms with van der Waals surface area (Å²) in [5.74, 6) is 1.72. The van der Waals surface area contributed by atoms with Crippen LogP contribution < -0.4 is 0 Å². The summed E-state index contributed by atoms with van der Waals surface area (Å²) in [4.78, 5) is 16.8. The number of fused-ring (bicyclic) bond motifs is 1. The third kappa shape index (κ3) is 3.43. The van der Waals surface area contributed by atoms with Gasteiger partial charge in [0.1, 0.15) is 6.10 Å². The number of esters is 1. The van der Waals surface area contributed by atoms with E-state index in [9.17, 15) is 4.79 Å². The average Bonchev–Trinajstić information content (AvgIpc) is 2.96. The first-order valence-electron chi connectivity index (χ1n) is 9.95. The molecule has 0 N–H and O–H groups in total. The van der Waals surface area contributed by atoms with Gasteiger partial charge in [-0.05, 0) is 48.8 Å². The third-order valence-corrected chi connectivity index (χ3v) is 6.57. The fraction of sp³-hybridized carbons (Fsp3) is 0.417. The molecule has 1 aromatic carbocycles. The smallest absolute Gasteiger partial charge is 0.309 e. The molecule has 3 heteroatoms. The van der Waals surface area contributed by atoms with E-state index >= 15 is 0 Å². The zero-order valence-corrected chi connectivity index (χ0v) is 16.2. The highest BCUT2D eigenvalue weighted by molar-refractivity contribution is 5.75. The number of carbonyl (C=O) groups excluding carboxylic acids is 1. The first kappa shape index (κ1) is 18.0. The Hall–Kier alpha value is -2.42. The number of allylic oxidation sites excluding steroid dienone is 1. The quantitative estimate of drug-likeness (QED) is 0.703. The Balaban J connectivity index is 1.55. The molecule has 1 saturated carbocycles. The van der Waals surface area contributed by atoms with Gasteiger partial charge in [0.05, 0.1) is 11.6 Å². The Morgan fingerprint density at radius 3 is 2.52 bits per heavy atom. The van der Waals surface area contributed by atoms with Gasteiger partial charge in [0.25, 0.3) is 0 Å². The second-order valence-corrected chi connectivity index (χ2v) is 8.17. The predicted molar refractivity (Wildman–Crippen MR) is 108 cm³/mol. The van der Waals surface area contributed by atoms with Crippen LogP contribution in [0.15, 0.2) is 54.7 Å². The van der Waals surface area contributed by atoms with E-state index in [0.717, 1.165) is 17.7 Å². The molecule has 0 bridgehead atoms. The van der Waals surface area contributed by atoms with Crippen molar-refractivity contribution in [1.29, 1.82) is 0 Å². The zero-order valence-electron chi connectivity index (χ0n) is 16.2. The highest BCUT2D eigenvalue weighted by Crippen LogP contribution is 2.48. The van der Waals surface area contributed by atoms with Crippen molar-refractivity contribution in [2.75, 3.05) is 0 Å². The molecule has 0 unspecified atom stereocenters. The minimum atomic E-state index is -0.00464. The van der Waals surface area contributed by atoms with Crippen LogP contribution in [-0.2, 0) is 9.53 Å². The van der Waals surface area contributed by atoms with E-state index in [1.54, 1.807) is 0 Å². The number of benzene rings is 1. The van der Waals surface area contributed by atoms with Crippen molar-refractivity contribution >= 4 is 12.0 Å². The Bertz CT molecular complexity index is 827. The van der Waals surface area contributed by atoms with Crippen molar-refractivity contribution in [3.63, 3.8) is 0 Å². The van der Waals surface area contributed by atoms with Crippen molar-refractivity contribution in [2.45, 2.75) is 33.3 Å². The van der Waals surface area contributed by atoms with Crippen molar-refractivity contribution in [3.05, 3.63) is 60.4 Å². The lowest BCUT2D eigenvalue weighted by Gasteiger charge is -2.40. The number of nitrogens with zero attached hydrogens (tertiary/aromatic N) is 1. The molecule has 4 rings (SSSR count). The lowest BCUT2D eigenvalue weighted by molar-refractivity contribution is -0.144. The van der Waals surface area contributed by atoms with Gasteiger partial charge in [0.2, 0.25) is 0 Å². The third-order valence-electron chi connectivity index (χ3n) is 6.57. The van der Waals surface area contributed by atoms with Crippen molar-refractivity contribution in [1.82, 2.24) is 4.98 Å². The van der Waals surface area contributed by atoms with E-state index in [0.29, 0.717) is 17.8 Å². The van der Waals surface area contributed by atoms with Gasteiger partial charge in [-0.2, -0.15) is 0 Å². The average molecular weight is 361 g/mol. The summed E-state index contributed by atoms with van der Waals surface area (Å²) in [6.45, 7) is 6.60. The number of hydrogen-bond acceptors (Lipinski definition) is 3. The number of rotatable bonds is 3. The van der Waals surface area contributed by atoms with E-state index in [4.69, 9.17) is 4.74 Å². The summed E-state index contributed by atoms with van der Waals surface area (Å²) in [5, 5.41) is 0. The molecular weight excluding hydrogens is 334 g/mol. The highest BCUT2D eigenvalue weighted by Gasteiger charge is 2.51. The van der Waals surface area contributed by atoms with Crippen LogP contribution >= 0.6 is 0 Å². The van der Waals surface area contributed by atoms with Crippen LogP contribution in [0.4, 0.5) is 0 Å². The second kappa shape index (κ2) is 7.30. The van der Waals surface area contributed by atoms with E-state index in [1.165, 1.54) is 5.56 Å². The van der Waals surface area contributed by atoms with E-state index in [-0.39, 0.29) is 23.9 Å². The van der Waals surface area contributed by atoms with Gasteiger partial charge in [-0.15, -0.1) is 0 Å². The molecule has 2 aliphatic rings. The Morgan fingerprint density at radius 2 is 1.81 bits per heavy atom. The van der Waals surface area contributed by atoms with Gasteiger partial charge >= 0.3 is 5.97 Å². The Labute approximate surface area is 161 Å². The standard InChI is InChI=1S/C24H27NO2/c1-15-13-22-23(17(3)27-24(22)26)21(16(15)2)12-11-20-10-9-19(14-25-20)18-7-5-4-6-8-18/h4-12,14-17,21-23H,13H2,1-3H3/b12-11+/t15-,16+,17+,21-,22+,23-/m0/s1. The van der Waals surface area contributed by atoms with Crippen LogP contribution in [0.3, 0.4) is 0 Å². The van der Waals surface area contributed by atoms with Crippen LogP contribution in [0.2, 0.25) is 0 Å². The molecule has 2 fully saturated rings. The van der Waals surface area contributed by atoms with Gasteiger partial charge in [-0.1, -0.05) is 56.3 Å². The van der Waals surface area contributed by atoms with Gasteiger partial charge in [-0.25, -0.2) is 0 Å². The maximum Gasteiger partial charge on any atom is 0.309 e. The van der Waals surface area contributed by atoms with Gasteiger partial charge in [-0.3, -0.25) is 9.78 Å². The molecule has 2 aromatic rings. The molecule has 1 aliphatic carbocycles. The molecule has 27 heavy (non-hydrogen) atoms. The summed E-state index contributed by atoms with van der Waals surface area (Å²) in [7, 11) is 0. The number of ether oxygens (including phenoxy) is 1. The fourth-order valence-electron chi connectivity index (χ4n) is 4.83. The molecule has 0 amide bonds. The summed E-state index contributed by atoms with van der Waals surface area (Å²) >= 11 is 0. The first-order chi connectivity index (χ1) is 13.0. The molecule has 0 spiro atoms. The fourth-order valence-corrected chi connectivity index (χ4v) is 4.83. The molecule has 0 radical (unpaired) electrons. The second-order valence-electron chi connectivity index (χ2n) is 8.17. The molecule has 3 nitrogen and oxygen atoms in total. The number of cyclic esters (lactones) is 1. The number of carbonyl (C=O) groups is 1. The number of hydrogen-bond donors (Lipinski definition) is 0. The molecule has 1 aromatic heterocycles. The van der Waals surface area contributed by atoms with Crippen LogP contribution in [-0.4, -0.2) is 17.1 Å². The first-order valence-corrected chi connectivity index (χ1v) is 9.95. The van der Waals surface area contributed by atoms with E-state index in [1.807, 2.05) is 31.3 Å². The summed E-state index contributed by atoms with van der Waals surface area (Å²) in [6, 6.07) is 14.5. The molecule has 2 heterocycles. The largest absolute Gasteiger partial charge is 0.462 e. The minimum Gasteiger partial charge on any atom is -0.462 e. The molecule has 1 saturated heterocycles. The van der Waals surface area contributed by atoms with Crippen LogP contribution in [0, 0.1) is 29.6 Å². The lowest BCUT2D eigenvalue weighted by atomic mass is 9.62. The number of pyridine rings is 1. The maximum absolute atomic E-state index is 12.2. The van der Waals surface area contributed by atoms with Crippen molar-refractivity contribution < 1.29 is 9.53 Å². The molecule has 1 aliphatic heterocycles. The maximum atomic E-state index is 12.2. The minimum absolute atomic E-state index is 0.000478. The van der Waals surface area contributed by atoms with E-state index in [2.05, 4.69) is 55.2 Å². The van der Waals surface area contributed by atoms with Gasteiger partial charge in [0, 0.05) is 17.7 Å². The summed E-state index contributed by atoms with van der Waals surface area (Å²) < 4.78 is 5.56. The normalized spacial score (nSPS) is 33.1. The Morgan fingerprint density at radius 1 is 1.04 bits per heavy atom. The molecular formula is C24H27NO2. The van der Waals surface area contributed by atoms with Crippen molar-refractivity contribution in [3.8, 4) is 11.1 Å². The molecule has 140 valence electrons. The zero-order chi connectivity index (χ0) is 19.0. The summed E-state index contributed by atoms with van der Waals surface area (Å²) in [6.07, 6.45) is 7.25. The molecule has 6 atom stereocenters. The lowest BCUT2D eigenvalue weighted by Crippen LogP contribution is -2.39. The SMILES string of the molecule is C[C@H]1[C@H](/C=C/c2ccc(-c3ccccc3)cn2)[C@@H]2[C@@H](C)OC(=O)[C@@H]2C[C@@H]1C. The predicted octanol–water partition coefficient (Wildman–Crippen LogP) is 5.23. The number of aromatic nitrogens is 1. The highest BCUT2D eigenvalue weighted by atomic mass is 16.6. The van der Waals surface area contributed by atoms with Gasteiger partial charge in [0.15, 0.2) is 0 Å². The van der Waals surface area contributed by atoms with Crippen LogP contribution in [0.1, 0.15) is 32.9 Å². The van der Waals surface area contributed by atoms with Gasteiger partial charge < -0.3 is 4.74 Å². The van der Waals surface area contributed by atoms with Crippen LogP contribution in [0.5, 0.6) is 0 Å². The van der Waals surface area contributed by atoms with E-state index < -0.39 is 0 Å².